The number of aryl methyl sites for hydroxylation is 2. The normalized spacial score (nSPS) is 18.2. The van der Waals surface area contributed by atoms with Crippen LogP contribution in [0.5, 0.6) is 17.2 Å². The fourth-order valence-electron chi connectivity index (χ4n) is 10.2. The fourth-order valence-corrected chi connectivity index (χ4v) is 14.7. The molecule has 70 heavy (non-hydrogen) atoms. The van der Waals surface area contributed by atoms with Crippen molar-refractivity contribution in [3.05, 3.63) is 85.7 Å². The molecule has 0 aliphatic carbocycles. The van der Waals surface area contributed by atoms with Crippen LogP contribution in [0.2, 0.25) is 5.02 Å². The van der Waals surface area contributed by atoms with Crippen molar-refractivity contribution < 1.29 is 55.6 Å². The second-order valence-corrected chi connectivity index (χ2v) is 24.3. The van der Waals surface area contributed by atoms with Gasteiger partial charge in [-0.05, 0) is 133 Å². The first-order chi connectivity index (χ1) is 33.1. The second-order valence-electron chi connectivity index (χ2n) is 20.0. The number of carbonyl (C=O) groups excluding carboxylic acids is 4. The van der Waals surface area contributed by atoms with E-state index in [1.54, 1.807) is 32.9 Å². The zero-order chi connectivity index (χ0) is 50.9. The van der Waals surface area contributed by atoms with Crippen molar-refractivity contribution in [3.8, 4) is 17.2 Å². The number of alkyl halides is 3. The summed E-state index contributed by atoms with van der Waals surface area (Å²) in [6, 6.07) is 8.46. The summed E-state index contributed by atoms with van der Waals surface area (Å²) in [6.07, 6.45) is 0.483. The number of benzene rings is 3. The summed E-state index contributed by atoms with van der Waals surface area (Å²) in [5.74, 6) is -2.25. The summed E-state index contributed by atoms with van der Waals surface area (Å²) in [4.78, 5) is 61.7. The maximum absolute atomic E-state index is 14.3. The van der Waals surface area contributed by atoms with Gasteiger partial charge in [-0.3, -0.25) is 18.9 Å². The van der Waals surface area contributed by atoms with Crippen LogP contribution in [0.4, 0.5) is 18.9 Å². The van der Waals surface area contributed by atoms with Crippen LogP contribution in [0.25, 0.3) is 4.85 Å². The highest BCUT2D eigenvalue weighted by atomic mass is 35.5. The quantitative estimate of drug-likeness (QED) is 0.0403. The molecule has 4 aliphatic heterocycles. The number of halogens is 4. The molecule has 0 bridgehead atoms. The third-order valence-corrected chi connectivity index (χ3v) is 18.3. The van der Waals surface area contributed by atoms with Crippen molar-refractivity contribution in [3.63, 3.8) is 0 Å². The number of Topliss-reactive ketones (excluding diaryl/α,β-unsaturated/α-hetero) is 1. The van der Waals surface area contributed by atoms with Gasteiger partial charge in [-0.25, -0.2) is 11.4 Å². The molecule has 13 nitrogen and oxygen atoms in total. The van der Waals surface area contributed by atoms with Gasteiger partial charge in [0.25, 0.3) is 0 Å². The minimum atomic E-state index is -5.00. The summed E-state index contributed by atoms with van der Waals surface area (Å²) < 4.78 is 77.5. The van der Waals surface area contributed by atoms with Gasteiger partial charge in [0.15, 0.2) is 17.1 Å². The number of anilines is 1. The molecule has 4 unspecified atom stereocenters. The van der Waals surface area contributed by atoms with Crippen LogP contribution < -0.4 is 25.0 Å². The number of carbonyl (C=O) groups is 4. The molecule has 3 aromatic rings. The summed E-state index contributed by atoms with van der Waals surface area (Å²) >= 11 is 7.49. The number of esters is 2. The molecule has 19 heteroatoms. The van der Waals surface area contributed by atoms with Crippen LogP contribution in [-0.4, -0.2) is 99.7 Å². The molecule has 0 fully saturated rings. The average molecular weight is 1030 g/mol. The molecule has 0 aromatic heterocycles. The van der Waals surface area contributed by atoms with Gasteiger partial charge in [0.2, 0.25) is 14.6 Å². The first-order valence-corrected chi connectivity index (χ1v) is 27.4. The lowest BCUT2D eigenvalue weighted by Crippen LogP contribution is -2.38. The lowest BCUT2D eigenvalue weighted by atomic mass is 9.74. The number of ketones is 1. The lowest BCUT2D eigenvalue weighted by Gasteiger charge is -2.43. The molecule has 3 aromatic carbocycles. The summed E-state index contributed by atoms with van der Waals surface area (Å²) in [5, 5.41) is 2.03. The van der Waals surface area contributed by atoms with Crippen molar-refractivity contribution in [1.29, 1.82) is 0 Å². The van der Waals surface area contributed by atoms with E-state index < -0.39 is 51.0 Å². The molecule has 7 rings (SSSR count). The molecule has 4 atom stereocenters. The van der Waals surface area contributed by atoms with Gasteiger partial charge in [-0.15, -0.1) is 0 Å². The number of amides is 1. The first kappa shape index (κ1) is 53.3. The average Bonchev–Trinajstić information content (AvgIpc) is 3.58. The van der Waals surface area contributed by atoms with Gasteiger partial charge in [-0.2, -0.15) is 13.2 Å². The van der Waals surface area contributed by atoms with Crippen molar-refractivity contribution in [2.75, 3.05) is 64.1 Å². The Hall–Kier alpha value is -4.51. The van der Waals surface area contributed by atoms with Crippen LogP contribution in [0.15, 0.2) is 30.3 Å². The van der Waals surface area contributed by atoms with Crippen molar-refractivity contribution in [2.24, 2.45) is 11.3 Å². The fraction of sp³-hybridized carbons (Fsp3) is 0.549. The number of rotatable bonds is 19. The van der Waals surface area contributed by atoms with Gasteiger partial charge in [0, 0.05) is 77.7 Å². The minimum Gasteiger partial charge on any atom is -0.454 e. The van der Waals surface area contributed by atoms with E-state index >= 15 is 0 Å². The van der Waals surface area contributed by atoms with Crippen LogP contribution in [0.1, 0.15) is 117 Å². The van der Waals surface area contributed by atoms with E-state index in [9.17, 15) is 36.9 Å². The lowest BCUT2D eigenvalue weighted by molar-refractivity contribution is -0.173. The van der Waals surface area contributed by atoms with E-state index in [4.69, 9.17) is 36.9 Å². The summed E-state index contributed by atoms with van der Waals surface area (Å²) in [6.45, 7) is 18.6. The van der Waals surface area contributed by atoms with Gasteiger partial charge in [-0.1, -0.05) is 33.4 Å². The summed E-state index contributed by atoms with van der Waals surface area (Å²) in [5.41, 5.74) is 2.24. The third-order valence-electron chi connectivity index (χ3n) is 13.2. The number of fused-ring (bicyclic) bond motifs is 7. The Kier molecular flexibility index (Phi) is 16.5. The number of hydrogen-bond donors (Lipinski definition) is 1. The van der Waals surface area contributed by atoms with Crippen molar-refractivity contribution in [1.82, 2.24) is 10.2 Å². The molecule has 378 valence electrons. The number of nitrogens with one attached hydrogen (secondary N) is 1. The molecule has 0 saturated carbocycles. The third kappa shape index (κ3) is 10.9. The Morgan fingerprint density at radius 3 is 2.41 bits per heavy atom. The van der Waals surface area contributed by atoms with E-state index in [-0.39, 0.29) is 83.7 Å². The van der Waals surface area contributed by atoms with E-state index in [0.29, 0.717) is 53.6 Å². The Morgan fingerprint density at radius 1 is 1.03 bits per heavy atom. The minimum absolute atomic E-state index is 0.00779. The molecule has 0 saturated heterocycles. The number of hydrogen-bond acceptors (Lipinski definition) is 11. The van der Waals surface area contributed by atoms with Gasteiger partial charge in [0.1, 0.15) is 16.6 Å². The maximum Gasteiger partial charge on any atom is 0.471 e. The van der Waals surface area contributed by atoms with Gasteiger partial charge in [0.05, 0.1) is 17.6 Å². The van der Waals surface area contributed by atoms with Crippen LogP contribution in [0, 0.1) is 17.9 Å². The SMILES string of the molecule is [C-]#[N+]CCCP(CC(=O)CCc1cc2c(c(Cl)c1OC(=O)C(C)(C)C)Oc1c(cc3c4c1CCCN4CCC3)C21OC(=O)c2ccc([PH](=O)OCCCCNC(=O)C(F)(F)F)cc21)C(C(C)C)N(C)C. The molecule has 1 N–H and O–H groups in total. The Labute approximate surface area is 414 Å². The Morgan fingerprint density at radius 2 is 1.74 bits per heavy atom. The van der Waals surface area contributed by atoms with Gasteiger partial charge >= 0.3 is 24.0 Å². The number of nitrogens with zero attached hydrogens (tertiary/aromatic N) is 3. The standard InChI is InChI=1S/C51H62ClF3N4O9P2/c1-30(2)45(58(7)8)69(25-13-20-56-6)29-33(60)17-16-32-27-39-44(40(52)42(32)67-48(63)49(3,4)5)66-43-36-15-12-23-59-22-11-14-31(41(36)59)26-38(43)50(39)37-28-34(18-19-35(37)46(61)68-50)70(64)65-24-10-9-21-57-47(62)51(53,54)55/h18-19,26-28,30,45,70H,9-17,20-25,29H2,1-5,7-8H3,(H,57,62). The van der Waals surface area contributed by atoms with Crippen LogP contribution in [0.3, 0.4) is 0 Å². The molecular weight excluding hydrogens is 967 g/mol. The predicted molar refractivity (Wildman–Crippen MR) is 265 cm³/mol. The monoisotopic (exact) mass is 1030 g/mol. The Balaban J connectivity index is 1.33. The topological polar surface area (TPSA) is 145 Å². The highest BCUT2D eigenvalue weighted by Crippen LogP contribution is 2.62. The number of unbranched alkanes of at least 4 members (excludes halogenated alkanes) is 1. The largest absolute Gasteiger partial charge is 0.471 e. The van der Waals surface area contributed by atoms with E-state index in [1.807, 2.05) is 25.5 Å². The molecule has 1 amide bonds. The molecule has 1 spiro atoms. The highest BCUT2D eigenvalue weighted by molar-refractivity contribution is 7.59. The molecule has 0 radical (unpaired) electrons. The second kappa shape index (κ2) is 21.7. The van der Waals surface area contributed by atoms with E-state index in [2.05, 4.69) is 28.5 Å². The molecular formula is C51H62ClF3N4O9P2. The maximum atomic E-state index is 14.3. The predicted octanol–water partition coefficient (Wildman–Crippen LogP) is 9.97. The van der Waals surface area contributed by atoms with Crippen molar-refractivity contribution in [2.45, 2.75) is 110 Å². The summed E-state index contributed by atoms with van der Waals surface area (Å²) in [7, 11) is 0.172. The van der Waals surface area contributed by atoms with Crippen molar-refractivity contribution >= 4 is 62.2 Å². The number of ether oxygens (including phenoxy) is 3. The smallest absolute Gasteiger partial charge is 0.454 e. The van der Waals surface area contributed by atoms with E-state index in [1.165, 1.54) is 12.1 Å². The van der Waals surface area contributed by atoms with Crippen LogP contribution in [-0.2, 0) is 53.1 Å². The molecule has 4 aliphatic rings. The zero-order valence-corrected chi connectivity index (χ0v) is 43.5. The first-order valence-electron chi connectivity index (χ1n) is 23.9. The highest BCUT2D eigenvalue weighted by Gasteiger charge is 2.56. The zero-order valence-electron chi connectivity index (χ0n) is 40.8. The molecule has 4 heterocycles. The van der Waals surface area contributed by atoms with Gasteiger partial charge < -0.3 is 38.7 Å². The van der Waals surface area contributed by atoms with E-state index in [0.717, 1.165) is 55.3 Å². The Bertz CT molecular complexity index is 2600. The van der Waals surface area contributed by atoms with Crippen LogP contribution >= 0.6 is 27.6 Å².